The maximum Gasteiger partial charge on any atom is 0.226 e. The molecule has 6 heteroatoms. The van der Waals surface area contributed by atoms with Crippen molar-refractivity contribution in [2.75, 3.05) is 16.8 Å². The second-order valence-electron chi connectivity index (χ2n) is 8.17. The Bertz CT molecular complexity index is 915. The number of aryl methyl sites for hydroxylation is 1. The van der Waals surface area contributed by atoms with E-state index in [0.717, 1.165) is 34.8 Å². The summed E-state index contributed by atoms with van der Waals surface area (Å²) >= 11 is 1.53. The highest BCUT2D eigenvalue weighted by molar-refractivity contribution is 7.16. The molecule has 0 spiro atoms. The minimum absolute atomic E-state index is 0.0832. The summed E-state index contributed by atoms with van der Waals surface area (Å²) in [5.41, 5.74) is 4.19. The maximum absolute atomic E-state index is 12.4. The summed E-state index contributed by atoms with van der Waals surface area (Å²) in [7, 11) is 0. The van der Waals surface area contributed by atoms with E-state index in [9.17, 15) is 9.59 Å². The van der Waals surface area contributed by atoms with Crippen LogP contribution in [-0.2, 0) is 16.0 Å². The number of hydrogen-bond acceptors (Lipinski definition) is 4. The molecule has 0 bridgehead atoms. The minimum atomic E-state index is 0.0832. The first-order valence-corrected chi connectivity index (χ1v) is 11.6. The third-order valence-corrected chi connectivity index (χ3v) is 6.98. The average Bonchev–Trinajstić information content (AvgIpc) is 3.30. The fourth-order valence-corrected chi connectivity index (χ4v) is 5.39. The Morgan fingerprint density at radius 3 is 2.79 bits per heavy atom. The van der Waals surface area contributed by atoms with Gasteiger partial charge in [-0.25, -0.2) is 4.98 Å². The Morgan fingerprint density at radius 2 is 2.03 bits per heavy atom. The Kier molecular flexibility index (Phi) is 5.99. The summed E-state index contributed by atoms with van der Waals surface area (Å²) in [6, 6.07) is 6.22. The highest BCUT2D eigenvalue weighted by Gasteiger charge is 2.24. The van der Waals surface area contributed by atoms with Crippen LogP contribution in [-0.4, -0.2) is 23.3 Å². The SMILES string of the molecule is CCC(=O)N1CCc2cc(-c3nc(NC(=O)CC4CCCCC4)sc3C)ccc21. The highest BCUT2D eigenvalue weighted by atomic mass is 32.1. The minimum Gasteiger partial charge on any atom is -0.312 e. The molecule has 29 heavy (non-hydrogen) atoms. The van der Waals surface area contributed by atoms with E-state index in [0.29, 0.717) is 23.9 Å². The van der Waals surface area contributed by atoms with Gasteiger partial charge in [0, 0.05) is 35.5 Å². The predicted molar refractivity (Wildman–Crippen MR) is 118 cm³/mol. The zero-order valence-electron chi connectivity index (χ0n) is 17.3. The number of fused-ring (bicyclic) bond motifs is 1. The first kappa shape index (κ1) is 20.1. The molecule has 1 N–H and O–H groups in total. The van der Waals surface area contributed by atoms with E-state index < -0.39 is 0 Å². The van der Waals surface area contributed by atoms with Crippen molar-refractivity contribution < 1.29 is 9.59 Å². The monoisotopic (exact) mass is 411 g/mol. The van der Waals surface area contributed by atoms with Crippen molar-refractivity contribution in [3.05, 3.63) is 28.6 Å². The van der Waals surface area contributed by atoms with Crippen molar-refractivity contribution in [1.82, 2.24) is 4.98 Å². The van der Waals surface area contributed by atoms with E-state index in [1.165, 1.54) is 49.0 Å². The quantitative estimate of drug-likeness (QED) is 0.724. The lowest BCUT2D eigenvalue weighted by atomic mass is 9.87. The first-order valence-electron chi connectivity index (χ1n) is 10.8. The number of amides is 2. The summed E-state index contributed by atoms with van der Waals surface area (Å²) < 4.78 is 0. The van der Waals surface area contributed by atoms with Gasteiger partial charge in [0.2, 0.25) is 11.8 Å². The molecular formula is C23H29N3O2S. The van der Waals surface area contributed by atoms with Crippen molar-refractivity contribution in [2.24, 2.45) is 5.92 Å². The largest absolute Gasteiger partial charge is 0.312 e. The lowest BCUT2D eigenvalue weighted by Gasteiger charge is -2.20. The molecule has 0 unspecified atom stereocenters. The molecule has 1 aromatic carbocycles. The van der Waals surface area contributed by atoms with Crippen LogP contribution in [0.3, 0.4) is 0 Å². The molecule has 5 nitrogen and oxygen atoms in total. The fraction of sp³-hybridized carbons (Fsp3) is 0.522. The first-order chi connectivity index (χ1) is 14.0. The molecule has 2 aromatic rings. The van der Waals surface area contributed by atoms with Gasteiger partial charge >= 0.3 is 0 Å². The molecule has 2 amide bonds. The number of carbonyl (C=O) groups is 2. The molecule has 4 rings (SSSR count). The summed E-state index contributed by atoms with van der Waals surface area (Å²) in [5, 5.41) is 3.70. The molecule has 0 radical (unpaired) electrons. The number of nitrogens with zero attached hydrogens (tertiary/aromatic N) is 2. The van der Waals surface area contributed by atoms with Crippen LogP contribution < -0.4 is 10.2 Å². The van der Waals surface area contributed by atoms with Crippen LogP contribution >= 0.6 is 11.3 Å². The lowest BCUT2D eigenvalue weighted by molar-refractivity contribution is -0.118. The number of thiazole rings is 1. The van der Waals surface area contributed by atoms with Crippen molar-refractivity contribution in [2.45, 2.75) is 65.2 Å². The molecule has 0 atom stereocenters. The molecule has 1 aliphatic carbocycles. The van der Waals surface area contributed by atoms with E-state index in [2.05, 4.69) is 11.4 Å². The van der Waals surface area contributed by atoms with Gasteiger partial charge in [-0.1, -0.05) is 32.3 Å². The Hall–Kier alpha value is -2.21. The van der Waals surface area contributed by atoms with Gasteiger partial charge in [0.1, 0.15) is 0 Å². The standard InChI is InChI=1S/C23H29N3O2S/c1-3-21(28)26-12-11-17-14-18(9-10-19(17)26)22-15(2)29-23(25-22)24-20(27)13-16-7-5-4-6-8-16/h9-10,14,16H,3-8,11-13H2,1-2H3,(H,24,25,27). The van der Waals surface area contributed by atoms with Crippen LogP contribution in [0.1, 0.15) is 62.3 Å². The van der Waals surface area contributed by atoms with Crippen molar-refractivity contribution in [3.8, 4) is 11.3 Å². The van der Waals surface area contributed by atoms with E-state index in [1.807, 2.05) is 30.9 Å². The molecule has 2 aliphatic rings. The zero-order valence-corrected chi connectivity index (χ0v) is 18.1. The second-order valence-corrected chi connectivity index (χ2v) is 9.38. The molecule has 0 saturated heterocycles. The van der Waals surface area contributed by atoms with Crippen LogP contribution in [0.2, 0.25) is 0 Å². The molecule has 1 aromatic heterocycles. The van der Waals surface area contributed by atoms with Gasteiger partial charge in [0.25, 0.3) is 0 Å². The maximum atomic E-state index is 12.4. The van der Waals surface area contributed by atoms with Gasteiger partial charge in [-0.05, 0) is 49.8 Å². The Morgan fingerprint density at radius 1 is 1.24 bits per heavy atom. The number of carbonyl (C=O) groups excluding carboxylic acids is 2. The zero-order chi connectivity index (χ0) is 20.4. The van der Waals surface area contributed by atoms with E-state index in [4.69, 9.17) is 4.98 Å². The fourth-order valence-electron chi connectivity index (χ4n) is 4.54. The van der Waals surface area contributed by atoms with Gasteiger partial charge in [0.15, 0.2) is 5.13 Å². The smallest absolute Gasteiger partial charge is 0.226 e. The van der Waals surface area contributed by atoms with Crippen LogP contribution in [0.15, 0.2) is 18.2 Å². The molecule has 2 heterocycles. The van der Waals surface area contributed by atoms with Crippen molar-refractivity contribution in [1.29, 1.82) is 0 Å². The lowest BCUT2D eigenvalue weighted by Crippen LogP contribution is -2.27. The summed E-state index contributed by atoms with van der Waals surface area (Å²) in [4.78, 5) is 32.2. The summed E-state index contributed by atoms with van der Waals surface area (Å²) in [5.74, 6) is 0.777. The number of nitrogens with one attached hydrogen (secondary N) is 1. The van der Waals surface area contributed by atoms with E-state index >= 15 is 0 Å². The summed E-state index contributed by atoms with van der Waals surface area (Å²) in [6.07, 6.45) is 8.15. The van der Waals surface area contributed by atoms with Crippen LogP contribution in [0.4, 0.5) is 10.8 Å². The van der Waals surface area contributed by atoms with Crippen LogP contribution in [0.5, 0.6) is 0 Å². The van der Waals surface area contributed by atoms with Crippen molar-refractivity contribution >= 4 is 34.0 Å². The van der Waals surface area contributed by atoms with Gasteiger partial charge < -0.3 is 10.2 Å². The molecule has 1 fully saturated rings. The highest BCUT2D eigenvalue weighted by Crippen LogP contribution is 2.36. The van der Waals surface area contributed by atoms with E-state index in [1.54, 1.807) is 0 Å². The average molecular weight is 412 g/mol. The van der Waals surface area contributed by atoms with Gasteiger partial charge in [-0.2, -0.15) is 0 Å². The topological polar surface area (TPSA) is 62.3 Å². The van der Waals surface area contributed by atoms with Gasteiger partial charge in [-0.3, -0.25) is 9.59 Å². The van der Waals surface area contributed by atoms with Crippen LogP contribution in [0.25, 0.3) is 11.3 Å². The normalized spacial score (nSPS) is 16.7. The second kappa shape index (κ2) is 8.66. The number of aromatic nitrogens is 1. The van der Waals surface area contributed by atoms with Crippen molar-refractivity contribution in [3.63, 3.8) is 0 Å². The Balaban J connectivity index is 1.47. The molecule has 1 saturated carbocycles. The number of benzene rings is 1. The number of hydrogen-bond donors (Lipinski definition) is 1. The van der Waals surface area contributed by atoms with E-state index in [-0.39, 0.29) is 11.8 Å². The van der Waals surface area contributed by atoms with Gasteiger partial charge in [-0.15, -0.1) is 11.3 Å². The summed E-state index contributed by atoms with van der Waals surface area (Å²) in [6.45, 7) is 4.70. The number of anilines is 2. The third-order valence-electron chi connectivity index (χ3n) is 6.09. The Labute approximate surface area is 176 Å². The number of rotatable bonds is 5. The molecular weight excluding hydrogens is 382 g/mol. The van der Waals surface area contributed by atoms with Crippen LogP contribution in [0, 0.1) is 12.8 Å². The molecule has 1 aliphatic heterocycles. The van der Waals surface area contributed by atoms with Gasteiger partial charge in [0.05, 0.1) is 5.69 Å². The predicted octanol–water partition coefficient (Wildman–Crippen LogP) is 5.33. The molecule has 154 valence electrons. The third kappa shape index (κ3) is 4.37.